The summed E-state index contributed by atoms with van der Waals surface area (Å²) in [6.07, 6.45) is 3.58. The zero-order valence-electron chi connectivity index (χ0n) is 7.48. The van der Waals surface area contributed by atoms with Gasteiger partial charge >= 0.3 is 0 Å². The molecule has 0 fully saturated rings. The summed E-state index contributed by atoms with van der Waals surface area (Å²) in [5, 5.41) is 0. The first-order chi connectivity index (χ1) is 6.20. The van der Waals surface area contributed by atoms with Crippen LogP contribution in [0.3, 0.4) is 0 Å². The summed E-state index contributed by atoms with van der Waals surface area (Å²) in [6, 6.07) is 0. The average Bonchev–Trinajstić information content (AvgIpc) is 2.43. The van der Waals surface area contributed by atoms with Crippen LogP contribution in [-0.2, 0) is 0 Å². The van der Waals surface area contributed by atoms with E-state index in [4.69, 9.17) is 10.5 Å². The molecule has 2 aromatic heterocycles. The maximum atomic E-state index is 5.55. The van der Waals surface area contributed by atoms with E-state index in [-0.39, 0.29) is 0 Å². The fourth-order valence-electron chi connectivity index (χ4n) is 1.25. The van der Waals surface area contributed by atoms with E-state index in [1.165, 1.54) is 0 Å². The fourth-order valence-corrected chi connectivity index (χ4v) is 1.25. The summed E-state index contributed by atoms with van der Waals surface area (Å²) in [6.45, 7) is 1.89. The van der Waals surface area contributed by atoms with Crippen LogP contribution in [0.15, 0.2) is 12.4 Å². The third-order valence-corrected chi connectivity index (χ3v) is 1.74. The van der Waals surface area contributed by atoms with Crippen LogP contribution in [0.5, 0.6) is 5.88 Å². The second-order valence-electron chi connectivity index (χ2n) is 2.79. The highest BCUT2D eigenvalue weighted by Crippen LogP contribution is 2.17. The normalized spacial score (nSPS) is 10.6. The van der Waals surface area contributed by atoms with Crippen LogP contribution in [-0.4, -0.2) is 21.5 Å². The number of nitrogens with two attached hydrogens (primary N) is 1. The van der Waals surface area contributed by atoms with Crippen LogP contribution in [0.25, 0.3) is 5.65 Å². The summed E-state index contributed by atoms with van der Waals surface area (Å²) >= 11 is 0. The Labute approximate surface area is 75.2 Å². The van der Waals surface area contributed by atoms with Gasteiger partial charge in [0, 0.05) is 6.20 Å². The van der Waals surface area contributed by atoms with Crippen molar-refractivity contribution in [2.24, 2.45) is 0 Å². The fraction of sp³-hybridized carbons (Fsp3) is 0.250. The van der Waals surface area contributed by atoms with Gasteiger partial charge in [-0.05, 0) is 6.92 Å². The number of aromatic nitrogens is 3. The van der Waals surface area contributed by atoms with Crippen LogP contribution >= 0.6 is 0 Å². The third-order valence-electron chi connectivity index (χ3n) is 1.74. The molecule has 2 heterocycles. The quantitative estimate of drug-likeness (QED) is 0.695. The van der Waals surface area contributed by atoms with E-state index < -0.39 is 0 Å². The number of anilines is 1. The molecule has 0 unspecified atom stereocenters. The Hall–Kier alpha value is -1.78. The lowest BCUT2D eigenvalue weighted by Gasteiger charge is -2.01. The Balaban J connectivity index is 2.80. The molecule has 0 radical (unpaired) electrons. The minimum Gasteiger partial charge on any atom is -0.478 e. The van der Waals surface area contributed by atoms with E-state index in [0.29, 0.717) is 17.3 Å². The molecular formula is C8H10N4O. The number of aryl methyl sites for hydroxylation is 1. The number of hydrogen-bond donors (Lipinski definition) is 1. The predicted molar refractivity (Wildman–Crippen MR) is 48.7 cm³/mol. The number of fused-ring (bicyclic) bond motifs is 1. The van der Waals surface area contributed by atoms with Crippen molar-refractivity contribution in [3.63, 3.8) is 0 Å². The maximum Gasteiger partial charge on any atom is 0.258 e. The summed E-state index contributed by atoms with van der Waals surface area (Å²) < 4.78 is 6.87. The van der Waals surface area contributed by atoms with Crippen molar-refractivity contribution in [2.75, 3.05) is 12.8 Å². The van der Waals surface area contributed by atoms with Gasteiger partial charge in [-0.3, -0.25) is 4.40 Å². The molecule has 0 bridgehead atoms. The van der Waals surface area contributed by atoms with Crippen LogP contribution in [0.4, 0.5) is 5.82 Å². The lowest BCUT2D eigenvalue weighted by Crippen LogP contribution is -1.95. The molecule has 0 aliphatic heterocycles. The summed E-state index contributed by atoms with van der Waals surface area (Å²) in [7, 11) is 1.56. The summed E-state index contributed by atoms with van der Waals surface area (Å²) in [5.41, 5.74) is 7.06. The molecule has 13 heavy (non-hydrogen) atoms. The van der Waals surface area contributed by atoms with Gasteiger partial charge in [0.05, 0.1) is 19.0 Å². The average molecular weight is 178 g/mol. The predicted octanol–water partition coefficient (Wildman–Crippen LogP) is 0.629. The smallest absolute Gasteiger partial charge is 0.258 e. The summed E-state index contributed by atoms with van der Waals surface area (Å²) in [5.74, 6) is 0.961. The van der Waals surface area contributed by atoms with E-state index in [1.807, 2.05) is 13.1 Å². The second kappa shape index (κ2) is 2.62. The number of nitrogen functional groups attached to an aromatic ring is 1. The van der Waals surface area contributed by atoms with Gasteiger partial charge in [-0.1, -0.05) is 0 Å². The van der Waals surface area contributed by atoms with Crippen LogP contribution < -0.4 is 10.5 Å². The first-order valence-electron chi connectivity index (χ1n) is 3.86. The molecule has 5 heteroatoms. The third kappa shape index (κ3) is 1.18. The monoisotopic (exact) mass is 178 g/mol. The van der Waals surface area contributed by atoms with Crippen LogP contribution in [0.2, 0.25) is 0 Å². The minimum atomic E-state index is 0.464. The highest BCUT2D eigenvalue weighted by molar-refractivity contribution is 5.54. The van der Waals surface area contributed by atoms with Crippen molar-refractivity contribution in [1.82, 2.24) is 14.4 Å². The topological polar surface area (TPSA) is 65.4 Å². The van der Waals surface area contributed by atoms with Crippen molar-refractivity contribution >= 4 is 11.5 Å². The van der Waals surface area contributed by atoms with Gasteiger partial charge in [-0.25, -0.2) is 9.97 Å². The zero-order valence-corrected chi connectivity index (χ0v) is 7.48. The molecule has 0 spiro atoms. The Morgan fingerprint density at radius 3 is 2.85 bits per heavy atom. The number of imidazole rings is 1. The van der Waals surface area contributed by atoms with Crippen molar-refractivity contribution < 1.29 is 4.74 Å². The molecule has 5 nitrogen and oxygen atoms in total. The SMILES string of the molecule is COc1nc(C)cn2cc(N)nc12. The van der Waals surface area contributed by atoms with Crippen molar-refractivity contribution in [2.45, 2.75) is 6.92 Å². The molecule has 2 aromatic rings. The number of ether oxygens (including phenoxy) is 1. The zero-order chi connectivity index (χ0) is 9.42. The maximum absolute atomic E-state index is 5.55. The minimum absolute atomic E-state index is 0.464. The molecule has 0 saturated carbocycles. The van der Waals surface area contributed by atoms with Gasteiger partial charge < -0.3 is 10.5 Å². The summed E-state index contributed by atoms with van der Waals surface area (Å²) in [4.78, 5) is 8.25. The molecule has 0 saturated heterocycles. The molecule has 2 N–H and O–H groups in total. The molecule has 0 aliphatic carbocycles. The van der Waals surface area contributed by atoms with Crippen LogP contribution in [0.1, 0.15) is 5.69 Å². The van der Waals surface area contributed by atoms with Gasteiger partial charge in [0.15, 0.2) is 0 Å². The largest absolute Gasteiger partial charge is 0.478 e. The molecule has 0 aromatic carbocycles. The van der Waals surface area contributed by atoms with Crippen molar-refractivity contribution in [3.05, 3.63) is 18.1 Å². The van der Waals surface area contributed by atoms with Crippen molar-refractivity contribution in [3.8, 4) is 5.88 Å². The van der Waals surface area contributed by atoms with Gasteiger partial charge in [-0.2, -0.15) is 0 Å². The molecule has 2 rings (SSSR count). The van der Waals surface area contributed by atoms with E-state index in [9.17, 15) is 0 Å². The van der Waals surface area contributed by atoms with E-state index in [1.54, 1.807) is 17.7 Å². The first-order valence-corrected chi connectivity index (χ1v) is 3.86. The second-order valence-corrected chi connectivity index (χ2v) is 2.79. The molecule has 0 aliphatic rings. The number of rotatable bonds is 1. The van der Waals surface area contributed by atoms with Gasteiger partial charge in [0.25, 0.3) is 5.88 Å². The van der Waals surface area contributed by atoms with Crippen molar-refractivity contribution in [1.29, 1.82) is 0 Å². The van der Waals surface area contributed by atoms with E-state index in [0.717, 1.165) is 5.69 Å². The lowest BCUT2D eigenvalue weighted by atomic mass is 10.5. The number of nitrogens with zero attached hydrogens (tertiary/aromatic N) is 3. The van der Waals surface area contributed by atoms with E-state index in [2.05, 4.69) is 9.97 Å². The molecule has 0 amide bonds. The molecule has 0 atom stereocenters. The van der Waals surface area contributed by atoms with Gasteiger partial charge in [0.2, 0.25) is 5.65 Å². The Bertz CT molecular complexity index is 449. The van der Waals surface area contributed by atoms with E-state index >= 15 is 0 Å². The highest BCUT2D eigenvalue weighted by Gasteiger charge is 2.06. The Kier molecular flexibility index (Phi) is 1.58. The Morgan fingerprint density at radius 1 is 1.38 bits per heavy atom. The molecular weight excluding hydrogens is 168 g/mol. The van der Waals surface area contributed by atoms with Gasteiger partial charge in [-0.15, -0.1) is 0 Å². The standard InChI is InChI=1S/C8H10N4O/c1-5-3-12-4-6(9)11-7(12)8(10-5)13-2/h3-4H,9H2,1-2H3. The Morgan fingerprint density at radius 2 is 2.15 bits per heavy atom. The highest BCUT2D eigenvalue weighted by atomic mass is 16.5. The van der Waals surface area contributed by atoms with Crippen LogP contribution in [0, 0.1) is 6.92 Å². The number of methoxy groups -OCH3 is 1. The van der Waals surface area contributed by atoms with Gasteiger partial charge in [0.1, 0.15) is 5.82 Å². The number of hydrogen-bond acceptors (Lipinski definition) is 4. The lowest BCUT2D eigenvalue weighted by molar-refractivity contribution is 0.399. The first kappa shape index (κ1) is 7.85. The molecule has 68 valence electrons.